The fourth-order valence-electron chi connectivity index (χ4n) is 2.84. The zero-order valence-electron chi connectivity index (χ0n) is 17.2. The molecule has 0 aromatic carbocycles. The van der Waals surface area contributed by atoms with Gasteiger partial charge >= 0.3 is 19.9 Å². The summed E-state index contributed by atoms with van der Waals surface area (Å²) in [5.74, 6) is 0.367. The third-order valence-corrected chi connectivity index (χ3v) is 5.96. The van der Waals surface area contributed by atoms with Crippen molar-refractivity contribution in [1.82, 2.24) is 19.5 Å². The first-order chi connectivity index (χ1) is 15.2. The Balaban J connectivity index is 1.73. The highest BCUT2D eigenvalue weighted by Crippen LogP contribution is 2.53. The van der Waals surface area contributed by atoms with E-state index in [4.69, 9.17) is 10.5 Å². The number of hydrogen-bond acceptors (Lipinski definition) is 9. The fourth-order valence-corrected chi connectivity index (χ4v) is 4.18. The lowest BCUT2D eigenvalue weighted by atomic mass is 10.3. The van der Waals surface area contributed by atoms with E-state index >= 15 is 0 Å². The minimum absolute atomic E-state index is 0.0310. The van der Waals surface area contributed by atoms with Crippen LogP contribution < -0.4 is 11.1 Å². The summed E-state index contributed by atoms with van der Waals surface area (Å²) in [5.41, 5.74) is 5.46. The van der Waals surface area contributed by atoms with Gasteiger partial charge in [0.2, 0.25) is 5.95 Å². The van der Waals surface area contributed by atoms with Gasteiger partial charge in [0, 0.05) is 6.54 Å². The summed E-state index contributed by atoms with van der Waals surface area (Å²) in [7, 11) is -4.87. The number of nitrogens with zero attached hydrogens (tertiary/aromatic N) is 4. The maximum Gasteiger partial charge on any atom is 0.412 e. The van der Waals surface area contributed by atoms with Crippen LogP contribution in [0.3, 0.4) is 0 Å². The molecule has 0 unspecified atom stereocenters. The first-order valence-corrected chi connectivity index (χ1v) is 11.3. The first kappa shape index (κ1) is 25.5. The van der Waals surface area contributed by atoms with Crippen molar-refractivity contribution in [3.63, 3.8) is 0 Å². The average molecular weight is 506 g/mol. The number of nitrogens with one attached hydrogen (secondary N) is 1. The van der Waals surface area contributed by atoms with Crippen LogP contribution in [0.2, 0.25) is 0 Å². The molecule has 3 rings (SSSR count). The summed E-state index contributed by atoms with van der Waals surface area (Å²) in [4.78, 5) is 12.4. The van der Waals surface area contributed by atoms with Crippen molar-refractivity contribution in [2.45, 2.75) is 44.3 Å². The van der Waals surface area contributed by atoms with Crippen LogP contribution in [0, 0.1) is 0 Å². The maximum atomic E-state index is 12.5. The number of aromatic nitrogens is 4. The van der Waals surface area contributed by atoms with Crippen molar-refractivity contribution in [2.75, 3.05) is 37.2 Å². The number of rotatable bonds is 11. The van der Waals surface area contributed by atoms with Crippen LogP contribution >= 0.6 is 7.60 Å². The molecule has 1 aliphatic carbocycles. The van der Waals surface area contributed by atoms with E-state index in [9.17, 15) is 30.9 Å². The Hall–Kier alpha value is -2.16. The number of hydrogen-bond donors (Lipinski definition) is 2. The van der Waals surface area contributed by atoms with Gasteiger partial charge in [-0.1, -0.05) is 0 Å². The van der Waals surface area contributed by atoms with E-state index in [0.717, 1.165) is 0 Å². The van der Waals surface area contributed by atoms with Crippen LogP contribution in [0.5, 0.6) is 0 Å². The molecule has 0 saturated heterocycles. The second kappa shape index (κ2) is 9.24. The zero-order chi connectivity index (χ0) is 24.5. The minimum atomic E-state index is -4.92. The number of nitrogens with two attached hydrogens (primary N) is 1. The highest BCUT2D eigenvalue weighted by atomic mass is 31.2. The van der Waals surface area contributed by atoms with Gasteiger partial charge in [0.25, 0.3) is 0 Å². The first-order valence-electron chi connectivity index (χ1n) is 9.61. The molecule has 1 fully saturated rings. The molecular formula is C16H21F6N6O4P. The predicted octanol–water partition coefficient (Wildman–Crippen LogP) is 3.70. The highest BCUT2D eigenvalue weighted by Gasteiger charge is 2.48. The van der Waals surface area contributed by atoms with Crippen LogP contribution in [0.4, 0.5) is 38.1 Å². The van der Waals surface area contributed by atoms with Gasteiger partial charge in [-0.15, -0.1) is 0 Å². The molecule has 10 nitrogen and oxygen atoms in total. The van der Waals surface area contributed by atoms with E-state index in [1.165, 1.54) is 6.33 Å². The molecule has 0 spiro atoms. The van der Waals surface area contributed by atoms with E-state index in [2.05, 4.69) is 29.3 Å². The molecule has 3 N–H and O–H groups in total. The second-order valence-corrected chi connectivity index (χ2v) is 9.35. The molecule has 0 radical (unpaired) electrons. The molecule has 2 heterocycles. The van der Waals surface area contributed by atoms with E-state index < -0.39 is 45.1 Å². The summed E-state index contributed by atoms with van der Waals surface area (Å²) in [6.45, 7) is -1.64. The van der Waals surface area contributed by atoms with Crippen LogP contribution in [0.25, 0.3) is 11.2 Å². The summed E-state index contributed by atoms with van der Waals surface area (Å²) in [5, 5.41) is 2.99. The minimum Gasteiger partial charge on any atom is -0.368 e. The Morgan fingerprint density at radius 1 is 1.15 bits per heavy atom. The van der Waals surface area contributed by atoms with Gasteiger partial charge in [-0.3, -0.25) is 13.6 Å². The van der Waals surface area contributed by atoms with Gasteiger partial charge in [0.1, 0.15) is 6.35 Å². The Bertz CT molecular complexity index is 1000. The molecule has 2 aromatic rings. The summed E-state index contributed by atoms with van der Waals surface area (Å²) < 4.78 is 103. The topological polar surface area (TPSA) is 126 Å². The smallest absolute Gasteiger partial charge is 0.368 e. The van der Waals surface area contributed by atoms with Crippen LogP contribution in [-0.2, 0) is 24.9 Å². The molecule has 1 aliphatic rings. The van der Waals surface area contributed by atoms with Gasteiger partial charge in [-0.05, 0) is 19.8 Å². The average Bonchev–Trinajstić information content (AvgIpc) is 3.36. The quantitative estimate of drug-likeness (QED) is 0.347. The van der Waals surface area contributed by atoms with Gasteiger partial charge in [-0.25, -0.2) is 4.98 Å². The van der Waals surface area contributed by atoms with E-state index in [0.29, 0.717) is 36.4 Å². The van der Waals surface area contributed by atoms with Crippen molar-refractivity contribution < 1.29 is 44.7 Å². The van der Waals surface area contributed by atoms with Gasteiger partial charge in [0.05, 0.1) is 18.5 Å². The molecule has 17 heteroatoms. The van der Waals surface area contributed by atoms with Crippen molar-refractivity contribution in [3.8, 4) is 0 Å². The second-order valence-electron chi connectivity index (χ2n) is 7.35. The van der Waals surface area contributed by atoms with Gasteiger partial charge in [0.15, 0.2) is 30.2 Å². The molecule has 186 valence electrons. The Morgan fingerprint density at radius 2 is 1.76 bits per heavy atom. The van der Waals surface area contributed by atoms with Gasteiger partial charge in [-0.2, -0.15) is 36.3 Å². The van der Waals surface area contributed by atoms with Crippen LogP contribution in [0.1, 0.15) is 19.8 Å². The molecular weight excluding hydrogens is 485 g/mol. The number of ether oxygens (including phenoxy) is 1. The third-order valence-electron chi connectivity index (χ3n) is 4.47. The largest absolute Gasteiger partial charge is 0.412 e. The SMILES string of the molecule is CCNc1nc(N)nc2c1ncn2CC1(OCP(=O)(OCC(F)(F)F)OCC(F)(F)F)CC1. The highest BCUT2D eigenvalue weighted by molar-refractivity contribution is 7.53. The van der Waals surface area contributed by atoms with Crippen molar-refractivity contribution in [2.24, 2.45) is 0 Å². The Kier molecular flexibility index (Phi) is 7.13. The number of fused-ring (bicyclic) bond motifs is 1. The Labute approximate surface area is 183 Å². The van der Waals surface area contributed by atoms with Gasteiger partial charge < -0.3 is 20.4 Å². The third kappa shape index (κ3) is 7.16. The molecule has 0 amide bonds. The summed E-state index contributed by atoms with van der Waals surface area (Å²) >= 11 is 0. The maximum absolute atomic E-state index is 12.5. The van der Waals surface area contributed by atoms with E-state index in [1.807, 2.05) is 6.92 Å². The molecule has 0 bridgehead atoms. The molecule has 0 atom stereocenters. The standard InChI is InChI=1S/C16H21F6N6O4P/c1-2-24-11-10-12(27-13(23)26-11)28(8-25-10)5-14(3-4-14)30-9-33(29,31-6-15(17,18)19)32-7-16(20,21)22/h8H,2-7,9H2,1H3,(H3,23,24,26,27). The number of imidazole rings is 1. The van der Waals surface area contributed by atoms with Crippen molar-refractivity contribution >= 4 is 30.5 Å². The number of anilines is 2. The number of halogens is 6. The lowest BCUT2D eigenvalue weighted by molar-refractivity contribution is -0.166. The Morgan fingerprint density at radius 3 is 2.27 bits per heavy atom. The van der Waals surface area contributed by atoms with Crippen molar-refractivity contribution in [3.05, 3.63) is 6.33 Å². The molecule has 33 heavy (non-hydrogen) atoms. The van der Waals surface area contributed by atoms with Crippen LogP contribution in [0.15, 0.2) is 6.33 Å². The van der Waals surface area contributed by atoms with E-state index in [-0.39, 0.29) is 12.5 Å². The number of nitrogen functional groups attached to an aromatic ring is 1. The summed E-state index contributed by atoms with van der Waals surface area (Å²) in [6.07, 6.45) is -8.73. The van der Waals surface area contributed by atoms with E-state index in [1.54, 1.807) is 4.57 Å². The molecule has 0 aliphatic heterocycles. The number of alkyl halides is 6. The molecule has 1 saturated carbocycles. The van der Waals surface area contributed by atoms with Crippen molar-refractivity contribution in [1.29, 1.82) is 0 Å². The lowest BCUT2D eigenvalue weighted by Gasteiger charge is -2.23. The zero-order valence-corrected chi connectivity index (χ0v) is 18.1. The van der Waals surface area contributed by atoms with Crippen LogP contribution in [-0.4, -0.2) is 63.6 Å². The summed E-state index contributed by atoms with van der Waals surface area (Å²) in [6, 6.07) is 0. The molecule has 2 aromatic heterocycles. The predicted molar refractivity (Wildman–Crippen MR) is 103 cm³/mol. The lowest BCUT2D eigenvalue weighted by Crippen LogP contribution is -2.25. The monoisotopic (exact) mass is 506 g/mol. The normalized spacial score (nSPS) is 16.3. The fraction of sp³-hybridized carbons (Fsp3) is 0.688.